The van der Waals surface area contributed by atoms with Crippen LogP contribution in [0.3, 0.4) is 0 Å². The Morgan fingerprint density at radius 2 is 2.06 bits per heavy atom. The molecule has 0 spiro atoms. The summed E-state index contributed by atoms with van der Waals surface area (Å²) < 4.78 is 0. The fourth-order valence-electron chi connectivity index (χ4n) is 3.79. The molecule has 3 atom stereocenters. The van der Waals surface area contributed by atoms with E-state index in [9.17, 15) is 0 Å². The van der Waals surface area contributed by atoms with Crippen LogP contribution >= 0.6 is 0 Å². The van der Waals surface area contributed by atoms with Gasteiger partial charge < -0.3 is 10.2 Å². The van der Waals surface area contributed by atoms with Gasteiger partial charge in [0.15, 0.2) is 0 Å². The van der Waals surface area contributed by atoms with E-state index in [0.29, 0.717) is 0 Å². The Morgan fingerprint density at radius 3 is 2.71 bits per heavy atom. The fourth-order valence-corrected chi connectivity index (χ4v) is 3.79. The molecular weight excluding hydrogens is 208 g/mol. The van der Waals surface area contributed by atoms with E-state index in [0.717, 1.165) is 24.3 Å². The lowest BCUT2D eigenvalue weighted by Crippen LogP contribution is -2.34. The quantitative estimate of drug-likeness (QED) is 0.654. The number of rotatable bonds is 8. The normalized spacial score (nSPS) is 31.6. The van der Waals surface area contributed by atoms with Gasteiger partial charge in [0, 0.05) is 19.6 Å². The molecule has 2 rings (SSSR count). The van der Waals surface area contributed by atoms with Gasteiger partial charge in [0.25, 0.3) is 0 Å². The summed E-state index contributed by atoms with van der Waals surface area (Å²) in [4.78, 5) is 2.55. The highest BCUT2D eigenvalue weighted by Crippen LogP contribution is 2.48. The molecule has 17 heavy (non-hydrogen) atoms. The zero-order valence-electron chi connectivity index (χ0n) is 11.8. The first-order chi connectivity index (χ1) is 8.29. The zero-order valence-corrected chi connectivity index (χ0v) is 11.8. The van der Waals surface area contributed by atoms with Crippen molar-refractivity contribution >= 4 is 0 Å². The SMILES string of the molecule is CCCCNCCN(C)CC1CC2CCC1C2. The van der Waals surface area contributed by atoms with Crippen molar-refractivity contribution < 1.29 is 0 Å². The van der Waals surface area contributed by atoms with E-state index in [1.54, 1.807) is 6.42 Å². The Hall–Kier alpha value is -0.0800. The van der Waals surface area contributed by atoms with Crippen molar-refractivity contribution in [2.45, 2.75) is 45.4 Å². The van der Waals surface area contributed by atoms with Gasteiger partial charge >= 0.3 is 0 Å². The van der Waals surface area contributed by atoms with Gasteiger partial charge in [-0.3, -0.25) is 0 Å². The molecule has 1 N–H and O–H groups in total. The minimum atomic E-state index is 1.02. The smallest absolute Gasteiger partial charge is 0.0104 e. The molecule has 2 saturated carbocycles. The first kappa shape index (κ1) is 13.4. The maximum absolute atomic E-state index is 3.53. The van der Waals surface area contributed by atoms with Crippen LogP contribution in [0.1, 0.15) is 45.4 Å². The highest BCUT2D eigenvalue weighted by molar-refractivity contribution is 4.90. The monoisotopic (exact) mass is 238 g/mol. The third-order valence-corrected chi connectivity index (χ3v) is 4.81. The van der Waals surface area contributed by atoms with Gasteiger partial charge in [0.1, 0.15) is 0 Å². The summed E-state index contributed by atoms with van der Waals surface area (Å²) in [5.41, 5.74) is 0. The van der Waals surface area contributed by atoms with E-state index < -0.39 is 0 Å². The molecule has 0 aromatic rings. The molecule has 2 bridgehead atoms. The summed E-state index contributed by atoms with van der Waals surface area (Å²) in [5, 5.41) is 3.53. The van der Waals surface area contributed by atoms with Gasteiger partial charge in [-0.25, -0.2) is 0 Å². The molecule has 2 aliphatic carbocycles. The van der Waals surface area contributed by atoms with Crippen LogP contribution in [0.15, 0.2) is 0 Å². The first-order valence-electron chi connectivity index (χ1n) is 7.68. The molecule has 0 saturated heterocycles. The van der Waals surface area contributed by atoms with Crippen molar-refractivity contribution in [3.63, 3.8) is 0 Å². The van der Waals surface area contributed by atoms with E-state index in [2.05, 4.69) is 24.2 Å². The van der Waals surface area contributed by atoms with E-state index in [4.69, 9.17) is 0 Å². The van der Waals surface area contributed by atoms with Crippen molar-refractivity contribution in [1.82, 2.24) is 10.2 Å². The van der Waals surface area contributed by atoms with Crippen LogP contribution in [0.5, 0.6) is 0 Å². The number of likely N-dealkylation sites (N-methyl/N-ethyl adjacent to an activating group) is 1. The van der Waals surface area contributed by atoms with Crippen LogP contribution in [0.4, 0.5) is 0 Å². The van der Waals surface area contributed by atoms with E-state index in [1.807, 2.05) is 0 Å². The summed E-state index contributed by atoms with van der Waals surface area (Å²) >= 11 is 0. The molecule has 0 aliphatic heterocycles. The van der Waals surface area contributed by atoms with Gasteiger partial charge in [-0.1, -0.05) is 19.8 Å². The Morgan fingerprint density at radius 1 is 1.18 bits per heavy atom. The van der Waals surface area contributed by atoms with Crippen LogP contribution in [0.25, 0.3) is 0 Å². The fraction of sp³-hybridized carbons (Fsp3) is 1.00. The van der Waals surface area contributed by atoms with Gasteiger partial charge in [0.2, 0.25) is 0 Å². The molecule has 2 heteroatoms. The summed E-state index contributed by atoms with van der Waals surface area (Å²) in [5.74, 6) is 3.20. The van der Waals surface area contributed by atoms with Crippen molar-refractivity contribution in [1.29, 1.82) is 0 Å². The van der Waals surface area contributed by atoms with Crippen molar-refractivity contribution in [2.24, 2.45) is 17.8 Å². The average molecular weight is 238 g/mol. The number of hydrogen-bond acceptors (Lipinski definition) is 2. The highest BCUT2D eigenvalue weighted by Gasteiger charge is 2.39. The maximum atomic E-state index is 3.53. The molecule has 3 unspecified atom stereocenters. The van der Waals surface area contributed by atoms with Crippen LogP contribution in [-0.4, -0.2) is 38.1 Å². The molecule has 0 amide bonds. The number of fused-ring (bicyclic) bond motifs is 2. The maximum Gasteiger partial charge on any atom is 0.0104 e. The zero-order chi connectivity index (χ0) is 12.1. The molecule has 0 aromatic carbocycles. The Balaban J connectivity index is 1.53. The standard InChI is InChI=1S/C15H30N2/c1-3-4-7-16-8-9-17(2)12-15-11-13-5-6-14(15)10-13/h13-16H,3-12H2,1-2H3. The molecule has 0 aromatic heterocycles. The van der Waals surface area contributed by atoms with Crippen LogP contribution < -0.4 is 5.32 Å². The van der Waals surface area contributed by atoms with E-state index in [1.165, 1.54) is 51.7 Å². The molecule has 2 fully saturated rings. The minimum absolute atomic E-state index is 1.02. The van der Waals surface area contributed by atoms with Gasteiger partial charge in [-0.15, -0.1) is 0 Å². The Labute approximate surface area is 107 Å². The lowest BCUT2D eigenvalue weighted by molar-refractivity contribution is 0.220. The summed E-state index contributed by atoms with van der Waals surface area (Å²) in [6, 6.07) is 0. The van der Waals surface area contributed by atoms with Gasteiger partial charge in [0.05, 0.1) is 0 Å². The number of unbranched alkanes of at least 4 members (excludes halogenated alkanes) is 1. The van der Waals surface area contributed by atoms with Crippen molar-refractivity contribution in [3.8, 4) is 0 Å². The van der Waals surface area contributed by atoms with E-state index >= 15 is 0 Å². The number of nitrogens with zero attached hydrogens (tertiary/aromatic N) is 1. The predicted molar refractivity (Wildman–Crippen MR) is 74.2 cm³/mol. The van der Waals surface area contributed by atoms with Crippen LogP contribution in [0.2, 0.25) is 0 Å². The number of nitrogens with one attached hydrogen (secondary N) is 1. The van der Waals surface area contributed by atoms with E-state index in [-0.39, 0.29) is 0 Å². The summed E-state index contributed by atoms with van der Waals surface area (Å²) in [6.45, 7) is 7.17. The Kier molecular flexibility index (Phi) is 5.30. The lowest BCUT2D eigenvalue weighted by Gasteiger charge is -2.27. The summed E-state index contributed by atoms with van der Waals surface area (Å²) in [7, 11) is 2.30. The topological polar surface area (TPSA) is 15.3 Å². The third kappa shape index (κ3) is 3.96. The Bertz CT molecular complexity index is 217. The number of hydrogen-bond donors (Lipinski definition) is 1. The largest absolute Gasteiger partial charge is 0.315 e. The summed E-state index contributed by atoms with van der Waals surface area (Å²) in [6.07, 6.45) is 8.75. The second-order valence-corrected chi connectivity index (χ2v) is 6.30. The molecule has 0 radical (unpaired) electrons. The first-order valence-corrected chi connectivity index (χ1v) is 7.68. The average Bonchev–Trinajstić information content (AvgIpc) is 2.90. The second-order valence-electron chi connectivity index (χ2n) is 6.30. The van der Waals surface area contributed by atoms with Gasteiger partial charge in [-0.2, -0.15) is 0 Å². The molecule has 2 aliphatic rings. The van der Waals surface area contributed by atoms with Gasteiger partial charge in [-0.05, 0) is 57.0 Å². The molecule has 100 valence electrons. The molecule has 0 heterocycles. The lowest BCUT2D eigenvalue weighted by atomic mass is 9.88. The van der Waals surface area contributed by atoms with Crippen molar-refractivity contribution in [3.05, 3.63) is 0 Å². The third-order valence-electron chi connectivity index (χ3n) is 4.81. The minimum Gasteiger partial charge on any atom is -0.315 e. The predicted octanol–water partition coefficient (Wildman–Crippen LogP) is 2.74. The van der Waals surface area contributed by atoms with Crippen LogP contribution in [-0.2, 0) is 0 Å². The van der Waals surface area contributed by atoms with Crippen LogP contribution in [0, 0.1) is 17.8 Å². The molecular formula is C15H30N2. The molecule has 2 nitrogen and oxygen atoms in total. The highest BCUT2D eigenvalue weighted by atomic mass is 15.1. The second kappa shape index (κ2) is 6.75. The van der Waals surface area contributed by atoms with Crippen molar-refractivity contribution in [2.75, 3.05) is 33.2 Å².